The smallest absolute Gasteiger partial charge is 0.274 e. The summed E-state index contributed by atoms with van der Waals surface area (Å²) in [5.41, 5.74) is 1.58. The number of fused-ring (bicyclic) bond motifs is 1. The quantitative estimate of drug-likeness (QED) is 0.427. The number of nitrogens with zero attached hydrogens (tertiary/aromatic N) is 3. The van der Waals surface area contributed by atoms with Gasteiger partial charge < -0.3 is 29.0 Å². The first-order valence-corrected chi connectivity index (χ1v) is 11.2. The van der Waals surface area contributed by atoms with Crippen LogP contribution in [-0.2, 0) is 0 Å². The number of carbonyl (C=O) groups is 1. The van der Waals surface area contributed by atoms with Crippen LogP contribution in [0.1, 0.15) is 21.6 Å². The lowest BCUT2D eigenvalue weighted by Crippen LogP contribution is -2.48. The van der Waals surface area contributed by atoms with Gasteiger partial charge in [0, 0.05) is 49.4 Å². The summed E-state index contributed by atoms with van der Waals surface area (Å²) >= 11 is 0. The predicted octanol–water partition coefficient (Wildman–Crippen LogP) is 3.54. The molecule has 35 heavy (non-hydrogen) atoms. The first-order valence-electron chi connectivity index (χ1n) is 11.2. The van der Waals surface area contributed by atoms with Crippen LogP contribution in [0, 0.1) is 0 Å². The first kappa shape index (κ1) is 22.3. The highest BCUT2D eigenvalue weighted by Gasteiger charge is 2.23. The van der Waals surface area contributed by atoms with E-state index < -0.39 is 5.56 Å². The molecule has 5 rings (SSSR count). The number of aliphatic hydroxyl groups excluding tert-OH is 1. The Hall–Kier alpha value is -4.53. The Morgan fingerprint density at radius 3 is 2.51 bits per heavy atom. The summed E-state index contributed by atoms with van der Waals surface area (Å²) < 4.78 is 10.6. The van der Waals surface area contributed by atoms with Gasteiger partial charge in [0.1, 0.15) is 17.2 Å². The third-order valence-electron chi connectivity index (χ3n) is 6.01. The molecule has 2 N–H and O–H groups in total. The maximum Gasteiger partial charge on any atom is 0.274 e. The molecule has 0 atom stereocenters. The van der Waals surface area contributed by atoms with Gasteiger partial charge in [0.2, 0.25) is 0 Å². The number of nitrogens with one attached hydrogen (secondary N) is 1. The third-order valence-corrected chi connectivity index (χ3v) is 6.01. The van der Waals surface area contributed by atoms with Crippen molar-refractivity contribution in [2.75, 3.05) is 38.2 Å². The lowest BCUT2D eigenvalue weighted by Gasteiger charge is -2.34. The lowest BCUT2D eigenvalue weighted by molar-refractivity contribution is 0.0745. The number of H-pyrrole nitrogens is 1. The number of rotatable bonds is 5. The molecule has 0 unspecified atom stereocenters. The number of anilines is 1. The van der Waals surface area contributed by atoms with Crippen molar-refractivity contribution in [2.45, 2.75) is 0 Å². The zero-order chi connectivity index (χ0) is 24.4. The molecule has 1 aliphatic heterocycles. The third kappa shape index (κ3) is 4.61. The number of aromatic amines is 1. The Bertz CT molecular complexity index is 1430. The Balaban J connectivity index is 1.34. The number of furan rings is 1. The van der Waals surface area contributed by atoms with Gasteiger partial charge in [-0.3, -0.25) is 9.59 Å². The number of amides is 1. The molecule has 1 amide bonds. The summed E-state index contributed by atoms with van der Waals surface area (Å²) in [6, 6.07) is 15.6. The maximum atomic E-state index is 13.1. The minimum Gasteiger partial charge on any atom is -0.507 e. The minimum atomic E-state index is -0.464. The van der Waals surface area contributed by atoms with Crippen molar-refractivity contribution < 1.29 is 19.1 Å². The number of benzene rings is 2. The van der Waals surface area contributed by atoms with Gasteiger partial charge in [0.15, 0.2) is 5.88 Å². The van der Waals surface area contributed by atoms with Crippen molar-refractivity contribution in [2.24, 2.45) is 0 Å². The van der Waals surface area contributed by atoms with Crippen LogP contribution in [0.4, 0.5) is 5.88 Å². The van der Waals surface area contributed by atoms with Crippen LogP contribution in [0.5, 0.6) is 5.75 Å². The number of aliphatic hydroxyl groups is 1. The molecule has 1 fully saturated rings. The summed E-state index contributed by atoms with van der Waals surface area (Å²) in [6.07, 6.45) is 2.95. The number of hydrogen-bond acceptors (Lipinski definition) is 7. The highest BCUT2D eigenvalue weighted by molar-refractivity contribution is 5.97. The summed E-state index contributed by atoms with van der Waals surface area (Å²) in [7, 11) is 1.56. The van der Waals surface area contributed by atoms with E-state index in [9.17, 15) is 14.7 Å². The molecular weight excluding hydrogens is 448 g/mol. The van der Waals surface area contributed by atoms with Gasteiger partial charge >= 0.3 is 0 Å². The molecule has 1 aliphatic rings. The van der Waals surface area contributed by atoms with E-state index >= 15 is 0 Å². The van der Waals surface area contributed by atoms with E-state index in [-0.39, 0.29) is 17.4 Å². The fourth-order valence-electron chi connectivity index (χ4n) is 4.07. The lowest BCUT2D eigenvalue weighted by atomic mass is 10.1. The number of piperazine rings is 1. The van der Waals surface area contributed by atoms with Crippen LogP contribution in [0.25, 0.3) is 22.9 Å². The van der Waals surface area contributed by atoms with Gasteiger partial charge in [-0.15, -0.1) is 0 Å². The van der Waals surface area contributed by atoms with Crippen LogP contribution < -0.4 is 15.2 Å². The molecule has 0 aliphatic carbocycles. The number of aromatic nitrogens is 2. The Kier molecular flexibility index (Phi) is 5.97. The normalized spacial score (nSPS) is 14.4. The van der Waals surface area contributed by atoms with Crippen LogP contribution in [0.3, 0.4) is 0 Å². The van der Waals surface area contributed by atoms with Crippen molar-refractivity contribution in [3.05, 3.63) is 88.0 Å². The molecule has 9 nitrogen and oxygen atoms in total. The molecule has 0 saturated carbocycles. The zero-order valence-corrected chi connectivity index (χ0v) is 19.1. The van der Waals surface area contributed by atoms with E-state index in [1.807, 2.05) is 12.1 Å². The van der Waals surface area contributed by atoms with E-state index in [0.29, 0.717) is 54.1 Å². The molecule has 178 valence electrons. The molecule has 1 saturated heterocycles. The second-order valence-electron chi connectivity index (χ2n) is 8.17. The van der Waals surface area contributed by atoms with E-state index in [1.165, 1.54) is 6.08 Å². The van der Waals surface area contributed by atoms with Crippen molar-refractivity contribution in [3.8, 4) is 5.75 Å². The van der Waals surface area contributed by atoms with Gasteiger partial charge in [-0.25, -0.2) is 4.98 Å². The van der Waals surface area contributed by atoms with Crippen molar-refractivity contribution in [1.29, 1.82) is 0 Å². The molecular formula is C26H24N4O5. The van der Waals surface area contributed by atoms with E-state index in [4.69, 9.17) is 9.15 Å². The SMILES string of the molecule is COc1ccc(C(O)=Cc2nc3ccc(C(=O)N4CCN(c5ccco5)CC4)cc3[nH]c2=O)cc1. The molecule has 3 heterocycles. The number of methoxy groups -OCH3 is 1. The summed E-state index contributed by atoms with van der Waals surface area (Å²) in [4.78, 5) is 36.7. The van der Waals surface area contributed by atoms with Crippen molar-refractivity contribution in [3.63, 3.8) is 0 Å². The van der Waals surface area contributed by atoms with Gasteiger partial charge in [-0.1, -0.05) is 0 Å². The van der Waals surface area contributed by atoms with Crippen LogP contribution >= 0.6 is 0 Å². The summed E-state index contributed by atoms with van der Waals surface area (Å²) in [5, 5.41) is 10.4. The highest BCUT2D eigenvalue weighted by atomic mass is 16.5. The molecule has 9 heteroatoms. The molecule has 0 radical (unpaired) electrons. The fourth-order valence-corrected chi connectivity index (χ4v) is 4.07. The molecule has 2 aromatic carbocycles. The van der Waals surface area contributed by atoms with Gasteiger partial charge in [0.25, 0.3) is 11.5 Å². The topological polar surface area (TPSA) is 112 Å². The van der Waals surface area contributed by atoms with E-state index in [1.54, 1.807) is 60.7 Å². The van der Waals surface area contributed by atoms with E-state index in [2.05, 4.69) is 14.9 Å². The standard InChI is InChI=1S/C26H24N4O5/c1-34-19-7-4-17(5-8-19)23(31)16-22-25(32)28-21-15-18(6-9-20(21)27-22)26(33)30-12-10-29(11-13-30)24-3-2-14-35-24/h2-9,14-16,31H,10-13H2,1H3,(H,28,32). The average Bonchev–Trinajstić information content (AvgIpc) is 3.44. The molecule has 2 aromatic heterocycles. The Morgan fingerprint density at radius 2 is 1.83 bits per heavy atom. The second kappa shape index (κ2) is 9.38. The number of ether oxygens (including phenoxy) is 1. The predicted molar refractivity (Wildman–Crippen MR) is 133 cm³/mol. The first-order chi connectivity index (χ1) is 17.0. The Morgan fingerprint density at radius 1 is 1.09 bits per heavy atom. The van der Waals surface area contributed by atoms with Crippen LogP contribution in [0.15, 0.2) is 70.1 Å². The number of hydrogen-bond donors (Lipinski definition) is 2. The van der Waals surface area contributed by atoms with Crippen LogP contribution in [-0.4, -0.2) is 59.2 Å². The van der Waals surface area contributed by atoms with Crippen LogP contribution in [0.2, 0.25) is 0 Å². The van der Waals surface area contributed by atoms with Crippen molar-refractivity contribution in [1.82, 2.24) is 14.9 Å². The number of carbonyl (C=O) groups excluding carboxylic acids is 1. The van der Waals surface area contributed by atoms with Gasteiger partial charge in [0.05, 0.1) is 24.4 Å². The summed E-state index contributed by atoms with van der Waals surface area (Å²) in [6.45, 7) is 2.50. The molecule has 4 aromatic rings. The monoisotopic (exact) mass is 472 g/mol. The second-order valence-corrected chi connectivity index (χ2v) is 8.17. The van der Waals surface area contributed by atoms with Gasteiger partial charge in [-0.2, -0.15) is 0 Å². The minimum absolute atomic E-state index is 0.0685. The molecule has 0 spiro atoms. The van der Waals surface area contributed by atoms with E-state index in [0.717, 1.165) is 5.88 Å². The van der Waals surface area contributed by atoms with Crippen molar-refractivity contribution >= 4 is 34.7 Å². The van der Waals surface area contributed by atoms with Gasteiger partial charge in [-0.05, 0) is 48.5 Å². The average molecular weight is 473 g/mol. The largest absolute Gasteiger partial charge is 0.507 e. The highest BCUT2D eigenvalue weighted by Crippen LogP contribution is 2.20. The maximum absolute atomic E-state index is 13.1. The summed E-state index contributed by atoms with van der Waals surface area (Å²) in [5.74, 6) is 1.26. The Labute approximate surface area is 200 Å². The zero-order valence-electron chi connectivity index (χ0n) is 19.1. The molecule has 0 bridgehead atoms. The fraction of sp³-hybridized carbons (Fsp3) is 0.192.